The van der Waals surface area contributed by atoms with Gasteiger partial charge in [-0.05, 0) is 24.6 Å². The first-order valence-electron chi connectivity index (χ1n) is 9.06. The Hall–Kier alpha value is -3.68. The minimum absolute atomic E-state index is 0.107. The highest BCUT2D eigenvalue weighted by Gasteiger charge is 2.23. The van der Waals surface area contributed by atoms with E-state index in [0.717, 1.165) is 10.2 Å². The van der Waals surface area contributed by atoms with Gasteiger partial charge in [0.05, 0.1) is 0 Å². The van der Waals surface area contributed by atoms with Crippen LogP contribution >= 0.6 is 0 Å². The Kier molecular flexibility index (Phi) is 6.23. The molecule has 0 saturated carbocycles. The predicted octanol–water partition coefficient (Wildman–Crippen LogP) is 2.09. The van der Waals surface area contributed by atoms with Gasteiger partial charge in [-0.1, -0.05) is 48.5 Å². The number of benzene rings is 2. The first kappa shape index (κ1) is 20.1. The molecular formula is C21H21N3O5. The molecule has 3 aromatic rings. The van der Waals surface area contributed by atoms with E-state index in [1.165, 1.54) is 11.8 Å². The summed E-state index contributed by atoms with van der Waals surface area (Å²) in [6, 6.07) is 18.3. The van der Waals surface area contributed by atoms with Crippen LogP contribution in [0.15, 0.2) is 69.9 Å². The van der Waals surface area contributed by atoms with E-state index in [-0.39, 0.29) is 11.8 Å². The molecule has 8 nitrogen and oxygen atoms in total. The molecule has 1 aromatic heterocycles. The number of hydrogen-bond donors (Lipinski definition) is 0. The maximum atomic E-state index is 12.4. The zero-order valence-corrected chi connectivity index (χ0v) is 16.1. The van der Waals surface area contributed by atoms with Gasteiger partial charge in [0, 0.05) is 19.2 Å². The zero-order chi connectivity index (χ0) is 20.8. The summed E-state index contributed by atoms with van der Waals surface area (Å²) in [6.45, 7) is 1.43. The fourth-order valence-corrected chi connectivity index (χ4v) is 2.76. The van der Waals surface area contributed by atoms with Crippen molar-refractivity contribution in [1.29, 1.82) is 0 Å². The number of carbonyl (C=O) groups excluding carboxylic acids is 2. The quantitative estimate of drug-likeness (QED) is 0.569. The summed E-state index contributed by atoms with van der Waals surface area (Å²) in [5.41, 5.74) is 1.58. The highest BCUT2D eigenvalue weighted by atomic mass is 16.5. The molecule has 1 amide bonds. The normalized spacial score (nSPS) is 11.7. The molecule has 3 rings (SSSR count). The maximum Gasteiger partial charge on any atom is 0.437 e. The maximum absolute atomic E-state index is 12.4. The van der Waals surface area contributed by atoms with E-state index in [9.17, 15) is 14.4 Å². The van der Waals surface area contributed by atoms with Gasteiger partial charge in [0.1, 0.15) is 6.54 Å². The number of likely N-dealkylation sites (N-methyl/N-ethyl adjacent to an activating group) is 1. The van der Waals surface area contributed by atoms with E-state index in [0.29, 0.717) is 12.1 Å². The second-order valence-electron chi connectivity index (χ2n) is 6.51. The lowest BCUT2D eigenvalue weighted by atomic mass is 10.2. The number of esters is 1. The van der Waals surface area contributed by atoms with Crippen molar-refractivity contribution in [3.63, 3.8) is 0 Å². The van der Waals surface area contributed by atoms with Crippen LogP contribution in [0.1, 0.15) is 12.5 Å². The lowest BCUT2D eigenvalue weighted by molar-refractivity contribution is -0.159. The molecule has 1 atom stereocenters. The Bertz CT molecular complexity index is 1030. The highest BCUT2D eigenvalue weighted by molar-refractivity contribution is 5.83. The summed E-state index contributed by atoms with van der Waals surface area (Å²) in [5, 5.41) is 4.00. The van der Waals surface area contributed by atoms with E-state index >= 15 is 0 Å². The van der Waals surface area contributed by atoms with Crippen LogP contribution in [0.2, 0.25) is 0 Å². The summed E-state index contributed by atoms with van der Waals surface area (Å²) in [5.74, 6) is -1.77. The summed E-state index contributed by atoms with van der Waals surface area (Å²) in [4.78, 5) is 38.0. The number of ether oxygens (including phenoxy) is 1. The van der Waals surface area contributed by atoms with Crippen molar-refractivity contribution in [2.24, 2.45) is 0 Å². The molecule has 0 aliphatic carbocycles. The minimum atomic E-state index is -0.993. The van der Waals surface area contributed by atoms with Crippen molar-refractivity contribution in [1.82, 2.24) is 14.7 Å². The summed E-state index contributed by atoms with van der Waals surface area (Å²) in [6.07, 6.45) is -0.993. The van der Waals surface area contributed by atoms with Crippen molar-refractivity contribution in [2.45, 2.75) is 26.1 Å². The van der Waals surface area contributed by atoms with E-state index in [1.54, 1.807) is 31.3 Å². The van der Waals surface area contributed by atoms with Gasteiger partial charge in [0.15, 0.2) is 6.10 Å². The number of carbonyl (C=O) groups is 2. The van der Waals surface area contributed by atoms with E-state index in [1.807, 2.05) is 36.4 Å². The van der Waals surface area contributed by atoms with Crippen LogP contribution in [0.3, 0.4) is 0 Å². The molecule has 29 heavy (non-hydrogen) atoms. The van der Waals surface area contributed by atoms with Gasteiger partial charge in [-0.2, -0.15) is 4.68 Å². The molecule has 8 heteroatoms. The van der Waals surface area contributed by atoms with Crippen molar-refractivity contribution in [3.8, 4) is 11.5 Å². The van der Waals surface area contributed by atoms with Crippen molar-refractivity contribution in [2.75, 3.05) is 7.05 Å². The molecule has 0 N–H and O–H groups in total. The molecule has 0 aliphatic heterocycles. The molecular weight excluding hydrogens is 374 g/mol. The number of rotatable bonds is 7. The fourth-order valence-electron chi connectivity index (χ4n) is 2.76. The smallest absolute Gasteiger partial charge is 0.437 e. The molecule has 0 radical (unpaired) electrons. The van der Waals surface area contributed by atoms with Gasteiger partial charge in [-0.25, -0.2) is 4.79 Å². The highest BCUT2D eigenvalue weighted by Crippen LogP contribution is 2.14. The fraction of sp³-hybridized carbons (Fsp3) is 0.238. The van der Waals surface area contributed by atoms with Crippen LogP contribution in [0, 0.1) is 0 Å². The Morgan fingerprint density at radius 3 is 2.38 bits per heavy atom. The first-order chi connectivity index (χ1) is 13.9. The van der Waals surface area contributed by atoms with Gasteiger partial charge in [-0.15, -0.1) is 5.10 Å². The third-order valence-corrected chi connectivity index (χ3v) is 4.20. The van der Waals surface area contributed by atoms with Gasteiger partial charge in [0.25, 0.3) is 5.91 Å². The molecule has 0 bridgehead atoms. The summed E-state index contributed by atoms with van der Waals surface area (Å²) in [7, 11) is 1.63. The second-order valence-corrected chi connectivity index (χ2v) is 6.51. The molecule has 0 spiro atoms. The van der Waals surface area contributed by atoms with E-state index in [4.69, 9.17) is 9.15 Å². The molecule has 0 saturated heterocycles. The van der Waals surface area contributed by atoms with Crippen LogP contribution in [0.5, 0.6) is 0 Å². The predicted molar refractivity (Wildman–Crippen MR) is 105 cm³/mol. The van der Waals surface area contributed by atoms with Crippen LogP contribution in [-0.2, 0) is 27.4 Å². The number of nitrogens with zero attached hydrogens (tertiary/aromatic N) is 3. The van der Waals surface area contributed by atoms with Gasteiger partial charge in [0.2, 0.25) is 5.89 Å². The monoisotopic (exact) mass is 395 g/mol. The molecule has 0 unspecified atom stereocenters. The first-order valence-corrected chi connectivity index (χ1v) is 9.06. The molecule has 0 fully saturated rings. The van der Waals surface area contributed by atoms with E-state index < -0.39 is 24.4 Å². The van der Waals surface area contributed by atoms with Gasteiger partial charge in [-0.3, -0.25) is 9.59 Å². The van der Waals surface area contributed by atoms with Gasteiger partial charge < -0.3 is 14.1 Å². The average molecular weight is 395 g/mol. The molecule has 2 aromatic carbocycles. The second kappa shape index (κ2) is 9.01. The third-order valence-electron chi connectivity index (χ3n) is 4.20. The Labute approximate surface area is 167 Å². The lowest BCUT2D eigenvalue weighted by Crippen LogP contribution is -2.38. The van der Waals surface area contributed by atoms with Crippen LogP contribution in [0.4, 0.5) is 0 Å². The molecule has 0 aliphatic rings. The zero-order valence-electron chi connectivity index (χ0n) is 16.1. The SMILES string of the molecule is C[C@@H](OC(=O)Cn1nc(-c2ccccc2)oc1=O)C(=O)N(C)Cc1ccccc1. The standard InChI is InChI=1S/C21H21N3O5/c1-15(20(26)23(2)13-16-9-5-3-6-10-16)28-18(25)14-24-21(27)29-19(22-24)17-11-7-4-8-12-17/h3-12,15H,13-14H2,1-2H3/t15-/m1/s1. The Morgan fingerprint density at radius 2 is 1.72 bits per heavy atom. The van der Waals surface area contributed by atoms with Crippen molar-refractivity contribution < 1.29 is 18.7 Å². The minimum Gasteiger partial charge on any atom is -0.451 e. The van der Waals surface area contributed by atoms with Crippen molar-refractivity contribution >= 4 is 11.9 Å². The van der Waals surface area contributed by atoms with Gasteiger partial charge >= 0.3 is 11.7 Å². The lowest BCUT2D eigenvalue weighted by Gasteiger charge is -2.21. The summed E-state index contributed by atoms with van der Waals surface area (Å²) >= 11 is 0. The Balaban J connectivity index is 1.58. The van der Waals surface area contributed by atoms with Crippen LogP contribution in [0.25, 0.3) is 11.5 Å². The largest absolute Gasteiger partial charge is 0.451 e. The molecule has 150 valence electrons. The Morgan fingerprint density at radius 1 is 1.10 bits per heavy atom. The van der Waals surface area contributed by atoms with Crippen LogP contribution in [-0.4, -0.2) is 39.7 Å². The van der Waals surface area contributed by atoms with E-state index in [2.05, 4.69) is 5.10 Å². The topological polar surface area (TPSA) is 94.6 Å². The van der Waals surface area contributed by atoms with Crippen LogP contribution < -0.4 is 5.76 Å². The molecule has 1 heterocycles. The average Bonchev–Trinajstić information content (AvgIpc) is 3.09. The third kappa shape index (κ3) is 5.19. The number of hydrogen-bond acceptors (Lipinski definition) is 6. The number of amides is 1. The summed E-state index contributed by atoms with van der Waals surface area (Å²) < 4.78 is 11.1. The number of aromatic nitrogens is 2. The van der Waals surface area contributed by atoms with Crippen molar-refractivity contribution in [3.05, 3.63) is 76.8 Å².